The monoisotopic (exact) mass is 788 g/mol. The molecule has 0 aliphatic carbocycles. The fourth-order valence-electron chi connectivity index (χ4n) is 6.76. The van der Waals surface area contributed by atoms with Gasteiger partial charge < -0.3 is 9.47 Å². The van der Waals surface area contributed by atoms with E-state index < -0.39 is 32.0 Å². The Morgan fingerprint density at radius 3 is 2.02 bits per heavy atom. The largest absolute Gasteiger partial charge is 0.457 e. The van der Waals surface area contributed by atoms with Crippen LogP contribution >= 0.6 is 11.6 Å². The third-order valence-corrected chi connectivity index (χ3v) is 13.1. The van der Waals surface area contributed by atoms with E-state index in [-0.39, 0.29) is 15.5 Å². The number of nitrogens with one attached hydrogen (secondary N) is 1. The molecule has 0 saturated carbocycles. The number of halogens is 2. The minimum Gasteiger partial charge on any atom is -0.457 e. The zero-order valence-corrected chi connectivity index (χ0v) is 31.5. The SMILES string of the molecule is CNS(=O)(=O)c1ccc(Oc2ccc(F)cc2)c(-c2cc3n(n2)C(N(C)S(=O)(=O)c2ccc(Oc4ccc(Cl)cc4)c(-c4cc5n(n4)CCC5)c2)CC3)c1. The van der Waals surface area contributed by atoms with Crippen molar-refractivity contribution in [3.05, 3.63) is 119 Å². The number of rotatable bonds is 11. The predicted octanol–water partition coefficient (Wildman–Crippen LogP) is 7.41. The van der Waals surface area contributed by atoms with Gasteiger partial charge in [-0.1, -0.05) is 11.6 Å². The number of sulfonamides is 2. The van der Waals surface area contributed by atoms with E-state index in [2.05, 4.69) is 4.72 Å². The summed E-state index contributed by atoms with van der Waals surface area (Å²) in [6, 6.07) is 25.2. The molecule has 0 bridgehead atoms. The molecule has 0 amide bonds. The van der Waals surface area contributed by atoms with Gasteiger partial charge in [-0.2, -0.15) is 14.5 Å². The van der Waals surface area contributed by atoms with Crippen molar-refractivity contribution >= 4 is 31.6 Å². The van der Waals surface area contributed by atoms with Gasteiger partial charge in [-0.05, 0) is 130 Å². The summed E-state index contributed by atoms with van der Waals surface area (Å²) < 4.78 is 87.4. The molecule has 2 aliphatic rings. The maximum absolute atomic E-state index is 14.4. The quantitative estimate of drug-likeness (QED) is 0.143. The zero-order valence-electron chi connectivity index (χ0n) is 29.1. The Hall–Kier alpha value is -5.06. The molecule has 2 aliphatic heterocycles. The number of aryl methyl sites for hydroxylation is 3. The molecule has 278 valence electrons. The Labute approximate surface area is 316 Å². The summed E-state index contributed by atoms with van der Waals surface area (Å²) in [4.78, 5) is 0.0375. The topological polar surface area (TPSA) is 138 Å². The van der Waals surface area contributed by atoms with Crippen LogP contribution in [0.25, 0.3) is 22.5 Å². The van der Waals surface area contributed by atoms with E-state index in [1.54, 1.807) is 47.1 Å². The lowest BCUT2D eigenvalue weighted by Gasteiger charge is -2.25. The molecule has 1 unspecified atom stereocenters. The molecular formula is C38H34ClFN6O6S2. The number of aromatic nitrogens is 4. The molecule has 0 saturated heterocycles. The molecule has 0 fully saturated rings. The fraction of sp³-hybridized carbons (Fsp3) is 0.211. The average Bonchev–Trinajstić information content (AvgIpc) is 3.96. The summed E-state index contributed by atoms with van der Waals surface area (Å²) in [6.45, 7) is 0.786. The van der Waals surface area contributed by atoms with Gasteiger partial charge in [0.15, 0.2) is 0 Å². The standard InChI is InChI=1S/C38H34ClFN6O6S2/c1-41-53(47,48)30-14-16-36(52-29-12-7-25(40)8-13-29)32(22-30)35-21-27-9-18-38(46(27)43-35)44(2)54(49,50)31-15-17-37(51-28-10-5-24(39)6-11-28)33(23-31)34-20-26-4-3-19-45(26)42-34/h5-8,10-17,20-23,38,41H,3-4,9,18-19H2,1-2H3. The van der Waals surface area contributed by atoms with Crippen LogP contribution in [0.1, 0.15) is 30.4 Å². The van der Waals surface area contributed by atoms with Crippen LogP contribution in [0, 0.1) is 5.82 Å². The summed E-state index contributed by atoms with van der Waals surface area (Å²) in [5, 5.41) is 10.1. The smallest absolute Gasteiger partial charge is 0.244 e. The Kier molecular flexibility index (Phi) is 9.30. The number of hydrogen-bond donors (Lipinski definition) is 1. The van der Waals surface area contributed by atoms with Gasteiger partial charge in [0.05, 0.1) is 21.2 Å². The van der Waals surface area contributed by atoms with Gasteiger partial charge in [0.1, 0.15) is 35.0 Å². The van der Waals surface area contributed by atoms with Crippen molar-refractivity contribution in [3.63, 3.8) is 0 Å². The van der Waals surface area contributed by atoms with Crippen molar-refractivity contribution in [2.75, 3.05) is 14.1 Å². The van der Waals surface area contributed by atoms with Crippen molar-refractivity contribution in [1.82, 2.24) is 28.6 Å². The molecule has 0 radical (unpaired) electrons. The lowest BCUT2D eigenvalue weighted by atomic mass is 10.1. The Balaban J connectivity index is 1.13. The average molecular weight is 789 g/mol. The van der Waals surface area contributed by atoms with Gasteiger partial charge in [-0.3, -0.25) is 9.36 Å². The predicted molar refractivity (Wildman–Crippen MR) is 200 cm³/mol. The number of hydrogen-bond acceptors (Lipinski definition) is 8. The van der Waals surface area contributed by atoms with E-state index in [1.165, 1.54) is 66.9 Å². The molecule has 8 rings (SSSR count). The molecule has 12 nitrogen and oxygen atoms in total. The summed E-state index contributed by atoms with van der Waals surface area (Å²) in [5.74, 6) is 1.16. The van der Waals surface area contributed by atoms with Gasteiger partial charge in [0, 0.05) is 41.1 Å². The lowest BCUT2D eigenvalue weighted by Crippen LogP contribution is -2.33. The van der Waals surface area contributed by atoms with Crippen LogP contribution < -0.4 is 14.2 Å². The van der Waals surface area contributed by atoms with E-state index >= 15 is 0 Å². The number of fused-ring (bicyclic) bond motifs is 2. The zero-order chi connectivity index (χ0) is 37.8. The highest BCUT2D eigenvalue weighted by Gasteiger charge is 2.36. The maximum atomic E-state index is 14.4. The van der Waals surface area contributed by atoms with E-state index in [0.29, 0.717) is 57.6 Å². The van der Waals surface area contributed by atoms with Crippen LogP contribution in [-0.2, 0) is 39.4 Å². The summed E-state index contributed by atoms with van der Waals surface area (Å²) in [7, 11) is -5.11. The highest BCUT2D eigenvalue weighted by Crippen LogP contribution is 2.41. The van der Waals surface area contributed by atoms with Crippen LogP contribution in [0.2, 0.25) is 5.02 Å². The molecule has 1 N–H and O–H groups in total. The van der Waals surface area contributed by atoms with Crippen molar-refractivity contribution in [2.24, 2.45) is 0 Å². The highest BCUT2D eigenvalue weighted by atomic mass is 35.5. The normalized spacial score (nSPS) is 15.4. The van der Waals surface area contributed by atoms with Crippen LogP contribution in [0.3, 0.4) is 0 Å². The first-order valence-electron chi connectivity index (χ1n) is 17.1. The minimum atomic E-state index is -4.10. The van der Waals surface area contributed by atoms with Crippen molar-refractivity contribution in [2.45, 2.75) is 48.2 Å². The molecule has 16 heteroatoms. The summed E-state index contributed by atoms with van der Waals surface area (Å²) >= 11 is 6.09. The molecule has 2 aromatic heterocycles. The van der Waals surface area contributed by atoms with Crippen molar-refractivity contribution < 1.29 is 30.7 Å². The second-order valence-electron chi connectivity index (χ2n) is 13.0. The van der Waals surface area contributed by atoms with Crippen LogP contribution in [0.5, 0.6) is 23.0 Å². The molecule has 54 heavy (non-hydrogen) atoms. The molecule has 4 aromatic carbocycles. The molecule has 4 heterocycles. The number of benzene rings is 4. The second kappa shape index (κ2) is 14.0. The van der Waals surface area contributed by atoms with E-state index in [9.17, 15) is 21.2 Å². The van der Waals surface area contributed by atoms with E-state index in [0.717, 1.165) is 30.8 Å². The van der Waals surface area contributed by atoms with E-state index in [4.69, 9.17) is 31.3 Å². The fourth-order valence-corrected chi connectivity index (χ4v) is 9.00. The Bertz CT molecular complexity index is 2590. The van der Waals surface area contributed by atoms with Gasteiger partial charge >= 0.3 is 0 Å². The third kappa shape index (κ3) is 6.77. The maximum Gasteiger partial charge on any atom is 0.244 e. The molecule has 0 spiro atoms. The first-order chi connectivity index (χ1) is 25.9. The molecular weight excluding hydrogens is 755 g/mol. The third-order valence-electron chi connectivity index (χ3n) is 9.63. The van der Waals surface area contributed by atoms with Crippen molar-refractivity contribution in [3.8, 4) is 45.5 Å². The summed E-state index contributed by atoms with van der Waals surface area (Å²) in [6.07, 6.45) is 2.17. The number of ether oxygens (including phenoxy) is 2. The van der Waals surface area contributed by atoms with Gasteiger partial charge in [-0.15, -0.1) is 0 Å². The summed E-state index contributed by atoms with van der Waals surface area (Å²) in [5.41, 5.74) is 3.70. The Morgan fingerprint density at radius 1 is 0.778 bits per heavy atom. The Morgan fingerprint density at radius 2 is 1.37 bits per heavy atom. The minimum absolute atomic E-state index is 0.0157. The second-order valence-corrected chi connectivity index (χ2v) is 17.3. The van der Waals surface area contributed by atoms with Crippen LogP contribution in [-0.4, -0.2) is 54.8 Å². The first kappa shape index (κ1) is 35.9. The van der Waals surface area contributed by atoms with Gasteiger partial charge in [-0.25, -0.2) is 25.9 Å². The molecule has 1 atom stereocenters. The lowest BCUT2D eigenvalue weighted by molar-refractivity contribution is 0.276. The first-order valence-corrected chi connectivity index (χ1v) is 20.4. The highest BCUT2D eigenvalue weighted by molar-refractivity contribution is 7.89. The van der Waals surface area contributed by atoms with Crippen LogP contribution in [0.4, 0.5) is 4.39 Å². The van der Waals surface area contributed by atoms with Crippen LogP contribution in [0.15, 0.2) is 107 Å². The van der Waals surface area contributed by atoms with Gasteiger partial charge in [0.2, 0.25) is 20.0 Å². The number of nitrogens with zero attached hydrogens (tertiary/aromatic N) is 5. The van der Waals surface area contributed by atoms with Crippen molar-refractivity contribution in [1.29, 1.82) is 0 Å². The van der Waals surface area contributed by atoms with E-state index in [1.807, 2.05) is 10.7 Å². The molecule has 6 aromatic rings. The van der Waals surface area contributed by atoms with Gasteiger partial charge in [0.25, 0.3) is 0 Å².